The fourth-order valence-electron chi connectivity index (χ4n) is 4.24. The van der Waals surface area contributed by atoms with Crippen molar-refractivity contribution in [3.8, 4) is 10.6 Å². The maximum atomic E-state index is 11.0. The van der Waals surface area contributed by atoms with Gasteiger partial charge in [-0.3, -0.25) is 0 Å². The van der Waals surface area contributed by atoms with E-state index in [1.165, 1.54) is 4.88 Å². The summed E-state index contributed by atoms with van der Waals surface area (Å²) < 4.78 is 22.7. The first kappa shape index (κ1) is 20.9. The second kappa shape index (κ2) is 7.85. The van der Waals surface area contributed by atoms with Gasteiger partial charge in [0.2, 0.25) is 0 Å². The lowest BCUT2D eigenvalue weighted by Crippen LogP contribution is -2.37. The minimum Gasteiger partial charge on any atom is -0.464 e. The predicted octanol–water partition coefficient (Wildman–Crippen LogP) is 4.18. The summed E-state index contributed by atoms with van der Waals surface area (Å²) >= 11 is 1.69. The number of aliphatic hydroxyl groups is 2. The van der Waals surface area contributed by atoms with Crippen LogP contribution < -0.4 is 0 Å². The molecule has 2 fully saturated rings. The molecule has 1 aromatic carbocycles. The third kappa shape index (κ3) is 3.98. The van der Waals surface area contributed by atoms with E-state index in [0.717, 1.165) is 28.2 Å². The molecule has 0 bridgehead atoms. The van der Waals surface area contributed by atoms with Crippen molar-refractivity contribution in [2.75, 3.05) is 0 Å². The maximum Gasteiger partial charge on any atom is 0.190 e. The number of aliphatic hydroxyl groups excluding tert-OH is 2. The van der Waals surface area contributed by atoms with Crippen LogP contribution >= 0.6 is 11.3 Å². The van der Waals surface area contributed by atoms with E-state index in [4.69, 9.17) is 18.6 Å². The smallest absolute Gasteiger partial charge is 0.190 e. The number of benzene rings is 1. The lowest BCUT2D eigenvalue weighted by molar-refractivity contribution is -0.226. The van der Waals surface area contributed by atoms with Gasteiger partial charge in [0.1, 0.15) is 30.2 Å². The standard InChI is InChI=1S/C24H26O6S/c1-13-6-7-14(19(25)21-20(26)22-23(28-21)30-24(2,3)29-22)11-15(13)12-16-8-9-18(31-16)17-5-4-10-27-17/h4-11,19-23,25-26H,12H2,1-3H3/t19?,20-,21+,22+,23+/m1/s1. The van der Waals surface area contributed by atoms with Crippen LogP contribution in [0.15, 0.2) is 53.1 Å². The van der Waals surface area contributed by atoms with Crippen LogP contribution in [0.1, 0.15) is 41.5 Å². The lowest BCUT2D eigenvalue weighted by atomic mass is 9.94. The van der Waals surface area contributed by atoms with E-state index < -0.39 is 36.5 Å². The van der Waals surface area contributed by atoms with E-state index in [2.05, 4.69) is 19.1 Å². The van der Waals surface area contributed by atoms with Gasteiger partial charge in [0.15, 0.2) is 12.1 Å². The molecule has 2 saturated heterocycles. The van der Waals surface area contributed by atoms with Gasteiger partial charge < -0.3 is 28.8 Å². The van der Waals surface area contributed by atoms with Gasteiger partial charge >= 0.3 is 0 Å². The predicted molar refractivity (Wildman–Crippen MR) is 116 cm³/mol. The van der Waals surface area contributed by atoms with E-state index in [-0.39, 0.29) is 0 Å². The Morgan fingerprint density at radius 3 is 2.71 bits per heavy atom. The summed E-state index contributed by atoms with van der Waals surface area (Å²) in [5, 5.41) is 21.7. The average Bonchev–Trinajstić information content (AvgIpc) is 3.49. The van der Waals surface area contributed by atoms with Gasteiger partial charge in [0.05, 0.1) is 11.1 Å². The quantitative estimate of drug-likeness (QED) is 0.617. The highest BCUT2D eigenvalue weighted by Crippen LogP contribution is 2.41. The van der Waals surface area contributed by atoms with Crippen LogP contribution in [0.2, 0.25) is 0 Å². The molecule has 3 aromatic rings. The molecule has 164 valence electrons. The van der Waals surface area contributed by atoms with Gasteiger partial charge in [0, 0.05) is 11.3 Å². The van der Waals surface area contributed by atoms with Crippen molar-refractivity contribution >= 4 is 11.3 Å². The summed E-state index contributed by atoms with van der Waals surface area (Å²) in [6.07, 6.45) is -1.64. The Hall–Kier alpha value is -2.00. The molecule has 2 aliphatic heterocycles. The molecule has 6 nitrogen and oxygen atoms in total. The van der Waals surface area contributed by atoms with Crippen LogP contribution in [0.4, 0.5) is 0 Å². The van der Waals surface area contributed by atoms with Crippen molar-refractivity contribution < 1.29 is 28.8 Å². The lowest BCUT2D eigenvalue weighted by Gasteiger charge is -2.26. The zero-order valence-corrected chi connectivity index (χ0v) is 18.5. The largest absolute Gasteiger partial charge is 0.464 e. The topological polar surface area (TPSA) is 81.3 Å². The fourth-order valence-corrected chi connectivity index (χ4v) is 5.24. The molecule has 2 aliphatic rings. The highest BCUT2D eigenvalue weighted by molar-refractivity contribution is 7.15. The van der Waals surface area contributed by atoms with Crippen LogP contribution in [0.5, 0.6) is 0 Å². The molecular weight excluding hydrogens is 416 g/mol. The first-order chi connectivity index (χ1) is 14.8. The molecule has 1 unspecified atom stereocenters. The fraction of sp³-hybridized carbons (Fsp3) is 0.417. The molecule has 2 aromatic heterocycles. The summed E-state index contributed by atoms with van der Waals surface area (Å²) in [6, 6.07) is 13.9. The highest BCUT2D eigenvalue weighted by Gasteiger charge is 2.56. The second-order valence-electron chi connectivity index (χ2n) is 8.61. The zero-order chi connectivity index (χ0) is 21.8. The Kier molecular flexibility index (Phi) is 5.29. The number of rotatable bonds is 5. The molecule has 2 N–H and O–H groups in total. The molecule has 0 aliphatic carbocycles. The minimum atomic E-state index is -0.989. The number of furan rings is 1. The van der Waals surface area contributed by atoms with Crippen molar-refractivity contribution in [1.82, 2.24) is 0 Å². The van der Waals surface area contributed by atoms with Crippen molar-refractivity contribution in [2.24, 2.45) is 0 Å². The number of hydrogen-bond acceptors (Lipinski definition) is 7. The number of thiophene rings is 1. The third-order valence-corrected chi connectivity index (χ3v) is 6.97. The minimum absolute atomic E-state index is 0.606. The first-order valence-electron chi connectivity index (χ1n) is 10.4. The molecule has 0 radical (unpaired) electrons. The van der Waals surface area contributed by atoms with E-state index >= 15 is 0 Å². The Balaban J connectivity index is 1.33. The Bertz CT molecular complexity index is 1060. The van der Waals surface area contributed by atoms with Crippen molar-refractivity contribution in [3.05, 3.63) is 70.3 Å². The molecule has 0 saturated carbocycles. The monoisotopic (exact) mass is 442 g/mol. The van der Waals surface area contributed by atoms with Crippen molar-refractivity contribution in [1.29, 1.82) is 0 Å². The van der Waals surface area contributed by atoms with Gasteiger partial charge in [-0.25, -0.2) is 0 Å². The maximum absolute atomic E-state index is 11.0. The molecule has 5 rings (SSSR count). The molecule has 5 atom stereocenters. The summed E-state index contributed by atoms with van der Waals surface area (Å²) in [5.74, 6) is 0.0565. The van der Waals surface area contributed by atoms with Crippen LogP contribution in [0, 0.1) is 6.92 Å². The Labute approximate surface area is 185 Å². The van der Waals surface area contributed by atoms with E-state index in [9.17, 15) is 10.2 Å². The Morgan fingerprint density at radius 1 is 1.13 bits per heavy atom. The number of hydrogen-bond donors (Lipinski definition) is 2. The van der Waals surface area contributed by atoms with Gasteiger partial charge in [-0.05, 0) is 61.7 Å². The van der Waals surface area contributed by atoms with Crippen molar-refractivity contribution in [2.45, 2.75) is 63.7 Å². The first-order valence-corrected chi connectivity index (χ1v) is 11.2. The van der Waals surface area contributed by atoms with Crippen LogP contribution in [-0.4, -0.2) is 40.6 Å². The van der Waals surface area contributed by atoms with Gasteiger partial charge in [-0.15, -0.1) is 11.3 Å². The molecule has 7 heteroatoms. The van der Waals surface area contributed by atoms with E-state index in [0.29, 0.717) is 5.56 Å². The molecule has 0 spiro atoms. The van der Waals surface area contributed by atoms with E-state index in [1.807, 2.05) is 30.3 Å². The normalized spacial score (nSPS) is 28.0. The zero-order valence-electron chi connectivity index (χ0n) is 17.6. The molecule has 31 heavy (non-hydrogen) atoms. The number of aryl methyl sites for hydroxylation is 1. The van der Waals surface area contributed by atoms with Gasteiger partial charge in [-0.2, -0.15) is 0 Å². The molecular formula is C24H26O6S. The average molecular weight is 443 g/mol. The second-order valence-corrected chi connectivity index (χ2v) is 9.78. The van der Waals surface area contributed by atoms with Crippen LogP contribution in [-0.2, 0) is 20.6 Å². The van der Waals surface area contributed by atoms with Gasteiger partial charge in [0.25, 0.3) is 0 Å². The van der Waals surface area contributed by atoms with Crippen molar-refractivity contribution in [3.63, 3.8) is 0 Å². The third-order valence-electron chi connectivity index (χ3n) is 5.87. The summed E-state index contributed by atoms with van der Waals surface area (Å²) in [7, 11) is 0. The highest BCUT2D eigenvalue weighted by atomic mass is 32.1. The van der Waals surface area contributed by atoms with E-state index in [1.54, 1.807) is 31.4 Å². The van der Waals surface area contributed by atoms with Crippen LogP contribution in [0.25, 0.3) is 10.6 Å². The van der Waals surface area contributed by atoms with Gasteiger partial charge in [-0.1, -0.05) is 18.2 Å². The summed E-state index contributed by atoms with van der Waals surface area (Å²) in [6.45, 7) is 5.61. The number of ether oxygens (including phenoxy) is 3. The summed E-state index contributed by atoms with van der Waals surface area (Å²) in [4.78, 5) is 2.29. The number of fused-ring (bicyclic) bond motifs is 1. The molecule has 4 heterocycles. The molecule has 0 amide bonds. The SMILES string of the molecule is Cc1ccc(C(O)[C@@H]2O[C@H]3OC(C)(C)O[C@H]3[C@@H]2O)cc1Cc1ccc(-c2ccco2)s1. The summed E-state index contributed by atoms with van der Waals surface area (Å²) in [5.41, 5.74) is 2.96. The van der Waals surface area contributed by atoms with Crippen LogP contribution in [0.3, 0.4) is 0 Å². The Morgan fingerprint density at radius 2 is 1.97 bits per heavy atom.